The molecule has 3 aromatic rings. The topological polar surface area (TPSA) is 48.0 Å². The molecule has 1 heterocycles. The van der Waals surface area contributed by atoms with Gasteiger partial charge >= 0.3 is 0 Å². The average molecular weight is 403 g/mol. The van der Waals surface area contributed by atoms with Crippen molar-refractivity contribution in [2.24, 2.45) is 0 Å². The highest BCUT2D eigenvalue weighted by Crippen LogP contribution is 2.41. The van der Waals surface area contributed by atoms with Gasteiger partial charge in [0.1, 0.15) is 5.75 Å². The SMILES string of the molecule is COc1cc2c(cc1OC)[C@H](c1ccccc1)N(C(=O)COc1ccccc1)CC2. The van der Waals surface area contributed by atoms with Crippen molar-refractivity contribution in [3.8, 4) is 17.2 Å². The van der Waals surface area contributed by atoms with Gasteiger partial charge in [-0.25, -0.2) is 0 Å². The van der Waals surface area contributed by atoms with Crippen molar-refractivity contribution < 1.29 is 19.0 Å². The predicted octanol–water partition coefficient (Wildman–Crippen LogP) is 4.26. The van der Waals surface area contributed by atoms with E-state index in [4.69, 9.17) is 14.2 Å². The number of hydrogen-bond donors (Lipinski definition) is 0. The van der Waals surface area contributed by atoms with Gasteiger partial charge in [-0.05, 0) is 47.4 Å². The largest absolute Gasteiger partial charge is 0.493 e. The predicted molar refractivity (Wildman–Crippen MR) is 115 cm³/mol. The van der Waals surface area contributed by atoms with Crippen LogP contribution in [0.5, 0.6) is 17.2 Å². The summed E-state index contributed by atoms with van der Waals surface area (Å²) in [6.45, 7) is 0.606. The number of carbonyl (C=O) groups is 1. The highest BCUT2D eigenvalue weighted by Gasteiger charge is 2.33. The molecule has 0 aromatic heterocycles. The van der Waals surface area contributed by atoms with E-state index in [2.05, 4.69) is 12.1 Å². The summed E-state index contributed by atoms with van der Waals surface area (Å²) < 4.78 is 16.8. The highest BCUT2D eigenvalue weighted by atomic mass is 16.5. The molecule has 0 saturated heterocycles. The standard InChI is InChI=1S/C25H25NO4/c1-28-22-15-19-13-14-26(24(27)17-30-20-11-7-4-8-12-20)25(18-9-5-3-6-10-18)21(19)16-23(22)29-2/h3-12,15-16,25H,13-14,17H2,1-2H3/t25-/m0/s1. The zero-order valence-corrected chi connectivity index (χ0v) is 17.2. The Hall–Kier alpha value is -3.47. The van der Waals surface area contributed by atoms with Crippen molar-refractivity contribution in [1.29, 1.82) is 0 Å². The van der Waals surface area contributed by atoms with Crippen LogP contribution in [0, 0.1) is 0 Å². The first kappa shape index (κ1) is 19.8. The summed E-state index contributed by atoms with van der Waals surface area (Å²) >= 11 is 0. The van der Waals surface area contributed by atoms with E-state index >= 15 is 0 Å². The Morgan fingerprint density at radius 3 is 2.23 bits per heavy atom. The lowest BCUT2D eigenvalue weighted by Crippen LogP contribution is -2.43. The Morgan fingerprint density at radius 2 is 1.57 bits per heavy atom. The number of nitrogens with zero attached hydrogens (tertiary/aromatic N) is 1. The van der Waals surface area contributed by atoms with Crippen molar-refractivity contribution in [2.75, 3.05) is 27.4 Å². The minimum atomic E-state index is -0.207. The third-order valence-electron chi connectivity index (χ3n) is 5.41. The van der Waals surface area contributed by atoms with E-state index in [-0.39, 0.29) is 18.6 Å². The zero-order chi connectivity index (χ0) is 20.9. The van der Waals surface area contributed by atoms with Gasteiger partial charge in [0.2, 0.25) is 0 Å². The minimum absolute atomic E-state index is 0.00400. The van der Waals surface area contributed by atoms with Crippen LogP contribution in [0.2, 0.25) is 0 Å². The van der Waals surface area contributed by atoms with Gasteiger partial charge in [0.05, 0.1) is 20.3 Å². The fourth-order valence-corrected chi connectivity index (χ4v) is 3.95. The molecule has 0 fully saturated rings. The van der Waals surface area contributed by atoms with E-state index in [0.29, 0.717) is 23.8 Å². The molecule has 0 radical (unpaired) electrons. The average Bonchev–Trinajstić information content (AvgIpc) is 2.82. The molecule has 1 amide bonds. The lowest BCUT2D eigenvalue weighted by molar-refractivity contribution is -0.135. The number of carbonyl (C=O) groups excluding carboxylic acids is 1. The molecule has 0 unspecified atom stereocenters. The van der Waals surface area contributed by atoms with E-state index in [1.165, 1.54) is 0 Å². The fraction of sp³-hybridized carbons (Fsp3) is 0.240. The Labute approximate surface area is 176 Å². The Morgan fingerprint density at radius 1 is 0.933 bits per heavy atom. The van der Waals surface area contributed by atoms with Gasteiger partial charge in [-0.2, -0.15) is 0 Å². The number of para-hydroxylation sites is 1. The maximum atomic E-state index is 13.2. The summed E-state index contributed by atoms with van der Waals surface area (Å²) in [4.78, 5) is 15.1. The summed E-state index contributed by atoms with van der Waals surface area (Å²) in [6.07, 6.45) is 0.746. The van der Waals surface area contributed by atoms with Gasteiger partial charge < -0.3 is 19.1 Å². The molecule has 1 aliphatic heterocycles. The van der Waals surface area contributed by atoms with Crippen LogP contribution in [0.1, 0.15) is 22.7 Å². The van der Waals surface area contributed by atoms with E-state index in [9.17, 15) is 4.79 Å². The van der Waals surface area contributed by atoms with Gasteiger partial charge in [-0.15, -0.1) is 0 Å². The van der Waals surface area contributed by atoms with Crippen LogP contribution in [0.3, 0.4) is 0 Å². The second kappa shape index (κ2) is 8.91. The molecule has 0 saturated carbocycles. The maximum Gasteiger partial charge on any atom is 0.261 e. The van der Waals surface area contributed by atoms with Crippen molar-refractivity contribution >= 4 is 5.91 Å². The van der Waals surface area contributed by atoms with Crippen molar-refractivity contribution in [3.63, 3.8) is 0 Å². The monoisotopic (exact) mass is 403 g/mol. The first-order valence-corrected chi connectivity index (χ1v) is 9.98. The molecule has 0 bridgehead atoms. The highest BCUT2D eigenvalue weighted by molar-refractivity contribution is 5.79. The van der Waals surface area contributed by atoms with Gasteiger partial charge in [-0.1, -0.05) is 48.5 Å². The van der Waals surface area contributed by atoms with Gasteiger partial charge in [0.15, 0.2) is 18.1 Å². The van der Waals surface area contributed by atoms with Crippen LogP contribution in [-0.2, 0) is 11.2 Å². The number of amides is 1. The number of rotatable bonds is 6. The minimum Gasteiger partial charge on any atom is -0.493 e. The van der Waals surface area contributed by atoms with Crippen molar-refractivity contribution in [2.45, 2.75) is 12.5 Å². The lowest BCUT2D eigenvalue weighted by atomic mass is 9.87. The molecule has 0 aliphatic carbocycles. The third kappa shape index (κ3) is 3.96. The molecule has 154 valence electrons. The number of fused-ring (bicyclic) bond motifs is 1. The quantitative estimate of drug-likeness (QED) is 0.617. The van der Waals surface area contributed by atoms with Gasteiger partial charge in [0.25, 0.3) is 5.91 Å². The summed E-state index contributed by atoms with van der Waals surface area (Å²) in [6, 6.07) is 23.3. The molecular formula is C25H25NO4. The molecule has 5 heteroatoms. The molecular weight excluding hydrogens is 378 g/mol. The molecule has 1 atom stereocenters. The smallest absolute Gasteiger partial charge is 0.261 e. The van der Waals surface area contributed by atoms with Gasteiger partial charge in [-0.3, -0.25) is 4.79 Å². The van der Waals surface area contributed by atoms with E-state index in [0.717, 1.165) is 23.1 Å². The van der Waals surface area contributed by atoms with Gasteiger partial charge in [0, 0.05) is 6.54 Å². The van der Waals surface area contributed by atoms with Crippen LogP contribution < -0.4 is 14.2 Å². The Kier molecular flexibility index (Phi) is 5.89. The van der Waals surface area contributed by atoms with Crippen LogP contribution in [0.15, 0.2) is 72.8 Å². The van der Waals surface area contributed by atoms with Crippen LogP contribution in [0.4, 0.5) is 0 Å². The van der Waals surface area contributed by atoms with Crippen molar-refractivity contribution in [1.82, 2.24) is 4.90 Å². The van der Waals surface area contributed by atoms with Crippen LogP contribution in [0.25, 0.3) is 0 Å². The fourth-order valence-electron chi connectivity index (χ4n) is 3.95. The van der Waals surface area contributed by atoms with E-state index < -0.39 is 0 Å². The number of ether oxygens (including phenoxy) is 3. The van der Waals surface area contributed by atoms with E-state index in [1.807, 2.05) is 65.6 Å². The molecule has 4 rings (SSSR count). The first-order chi connectivity index (χ1) is 14.7. The Balaban J connectivity index is 1.68. The molecule has 5 nitrogen and oxygen atoms in total. The number of hydrogen-bond acceptors (Lipinski definition) is 4. The Bertz CT molecular complexity index is 1000. The summed E-state index contributed by atoms with van der Waals surface area (Å²) in [7, 11) is 3.26. The summed E-state index contributed by atoms with van der Waals surface area (Å²) in [5.41, 5.74) is 3.27. The molecule has 0 N–H and O–H groups in total. The van der Waals surface area contributed by atoms with Crippen LogP contribution in [-0.4, -0.2) is 38.2 Å². The zero-order valence-electron chi connectivity index (χ0n) is 17.2. The molecule has 0 spiro atoms. The molecule has 3 aromatic carbocycles. The number of methoxy groups -OCH3 is 2. The summed E-state index contributed by atoms with van der Waals surface area (Å²) in [5, 5.41) is 0. The van der Waals surface area contributed by atoms with E-state index in [1.54, 1.807) is 14.2 Å². The number of benzene rings is 3. The summed E-state index contributed by atoms with van der Waals surface area (Å²) in [5.74, 6) is 2.00. The molecule has 1 aliphatic rings. The third-order valence-corrected chi connectivity index (χ3v) is 5.41. The first-order valence-electron chi connectivity index (χ1n) is 9.98. The maximum absolute atomic E-state index is 13.2. The normalized spacial score (nSPS) is 15.3. The second-order valence-corrected chi connectivity index (χ2v) is 7.16. The van der Waals surface area contributed by atoms with Crippen molar-refractivity contribution in [3.05, 3.63) is 89.5 Å². The molecule has 30 heavy (non-hydrogen) atoms. The second-order valence-electron chi connectivity index (χ2n) is 7.16. The lowest BCUT2D eigenvalue weighted by Gasteiger charge is -2.38. The van der Waals surface area contributed by atoms with Crippen LogP contribution >= 0.6 is 0 Å².